The second-order valence-electron chi connectivity index (χ2n) is 5.03. The number of nitrogen functional groups attached to an aromatic ring is 1. The second kappa shape index (κ2) is 5.37. The van der Waals surface area contributed by atoms with Gasteiger partial charge in [0.1, 0.15) is 10.7 Å². The highest BCUT2D eigenvalue weighted by molar-refractivity contribution is 7.92. The van der Waals surface area contributed by atoms with Crippen LogP contribution < -0.4 is 10.5 Å². The van der Waals surface area contributed by atoms with Crippen LogP contribution in [-0.4, -0.2) is 8.42 Å². The number of hydrogen-bond acceptors (Lipinski definition) is 3. The van der Waals surface area contributed by atoms with Gasteiger partial charge >= 0.3 is 0 Å². The van der Waals surface area contributed by atoms with Crippen molar-refractivity contribution in [2.24, 2.45) is 0 Å². The zero-order chi connectivity index (χ0) is 15.8. The minimum atomic E-state index is -3.94. The predicted molar refractivity (Wildman–Crippen MR) is 82.3 cm³/mol. The molecule has 0 spiro atoms. The van der Waals surface area contributed by atoms with E-state index in [0.29, 0.717) is 5.69 Å². The van der Waals surface area contributed by atoms with Crippen molar-refractivity contribution in [2.45, 2.75) is 25.7 Å². The molecule has 2 aromatic rings. The molecule has 0 saturated heterocycles. The molecule has 4 nitrogen and oxygen atoms in total. The largest absolute Gasteiger partial charge is 0.395 e. The maximum Gasteiger partial charge on any atom is 0.264 e. The summed E-state index contributed by atoms with van der Waals surface area (Å²) >= 11 is 0. The van der Waals surface area contributed by atoms with Crippen LogP contribution in [0.2, 0.25) is 0 Å². The van der Waals surface area contributed by atoms with Gasteiger partial charge in [-0.05, 0) is 44.0 Å². The van der Waals surface area contributed by atoms with Crippen molar-refractivity contribution in [1.82, 2.24) is 0 Å². The molecule has 0 aromatic heterocycles. The van der Waals surface area contributed by atoms with E-state index in [1.165, 1.54) is 12.1 Å². The zero-order valence-electron chi connectivity index (χ0n) is 12.1. The third kappa shape index (κ3) is 3.00. The Hall–Kier alpha value is -2.08. The van der Waals surface area contributed by atoms with E-state index >= 15 is 0 Å². The molecule has 0 aliphatic heterocycles. The van der Waals surface area contributed by atoms with Crippen molar-refractivity contribution in [2.75, 3.05) is 10.5 Å². The Labute approximate surface area is 123 Å². The molecule has 3 N–H and O–H groups in total. The van der Waals surface area contributed by atoms with Crippen LogP contribution in [0.5, 0.6) is 0 Å². The molecule has 2 rings (SSSR count). The van der Waals surface area contributed by atoms with Crippen molar-refractivity contribution < 1.29 is 12.8 Å². The highest BCUT2D eigenvalue weighted by atomic mass is 32.2. The van der Waals surface area contributed by atoms with Gasteiger partial charge in [0.15, 0.2) is 0 Å². The van der Waals surface area contributed by atoms with Crippen molar-refractivity contribution in [1.29, 1.82) is 0 Å². The first-order valence-corrected chi connectivity index (χ1v) is 7.85. The Bertz CT molecular complexity index is 778. The Balaban J connectivity index is 2.50. The van der Waals surface area contributed by atoms with Gasteiger partial charge in [-0.2, -0.15) is 0 Å². The maximum atomic E-state index is 13.4. The predicted octanol–water partition coefficient (Wildman–Crippen LogP) is 3.13. The maximum absolute atomic E-state index is 13.4. The van der Waals surface area contributed by atoms with Gasteiger partial charge in [-0.25, -0.2) is 12.8 Å². The van der Waals surface area contributed by atoms with Gasteiger partial charge < -0.3 is 5.73 Å². The smallest absolute Gasteiger partial charge is 0.264 e. The summed E-state index contributed by atoms with van der Waals surface area (Å²) in [7, 11) is -3.94. The highest BCUT2D eigenvalue weighted by Gasteiger charge is 2.21. The van der Waals surface area contributed by atoms with Crippen molar-refractivity contribution in [3.8, 4) is 0 Å². The van der Waals surface area contributed by atoms with E-state index in [4.69, 9.17) is 5.73 Å². The van der Waals surface area contributed by atoms with Gasteiger partial charge in [0.25, 0.3) is 10.0 Å². The van der Waals surface area contributed by atoms with Crippen molar-refractivity contribution in [3.63, 3.8) is 0 Å². The SMILES string of the molecule is Cc1cc(C)c(NS(=O)(=O)c2cccc(F)c2N)c(C)c1. The fourth-order valence-electron chi connectivity index (χ4n) is 2.28. The molecule has 0 unspecified atom stereocenters. The molecule has 0 atom stereocenters. The molecular weight excluding hydrogens is 291 g/mol. The first kappa shape index (κ1) is 15.3. The quantitative estimate of drug-likeness (QED) is 0.856. The van der Waals surface area contributed by atoms with E-state index in [-0.39, 0.29) is 10.6 Å². The first-order chi connectivity index (χ1) is 9.72. The molecule has 0 heterocycles. The van der Waals surface area contributed by atoms with E-state index in [0.717, 1.165) is 22.8 Å². The Kier molecular flexibility index (Phi) is 3.91. The fourth-order valence-corrected chi connectivity index (χ4v) is 3.63. The zero-order valence-corrected chi connectivity index (χ0v) is 12.9. The molecule has 0 amide bonds. The molecular formula is C15H17FN2O2S. The number of nitrogens with two attached hydrogens (primary N) is 1. The number of hydrogen-bond donors (Lipinski definition) is 2. The number of rotatable bonds is 3. The third-order valence-electron chi connectivity index (χ3n) is 3.22. The fraction of sp³-hybridized carbons (Fsp3) is 0.200. The Morgan fingerprint density at radius 1 is 1.10 bits per heavy atom. The lowest BCUT2D eigenvalue weighted by Crippen LogP contribution is -2.17. The molecule has 0 bridgehead atoms. The summed E-state index contributed by atoms with van der Waals surface area (Å²) in [6, 6.07) is 7.46. The molecule has 21 heavy (non-hydrogen) atoms. The molecule has 6 heteroatoms. The van der Waals surface area contributed by atoms with Crippen LogP contribution in [0.15, 0.2) is 35.2 Å². The number of sulfonamides is 1. The minimum absolute atomic E-state index is 0.262. The molecule has 0 fully saturated rings. The molecule has 0 radical (unpaired) electrons. The normalized spacial score (nSPS) is 11.4. The molecule has 112 valence electrons. The number of anilines is 2. The molecule has 2 aromatic carbocycles. The molecule has 0 aliphatic carbocycles. The Morgan fingerprint density at radius 2 is 1.67 bits per heavy atom. The summed E-state index contributed by atoms with van der Waals surface area (Å²) in [5.74, 6) is -0.754. The second-order valence-corrected chi connectivity index (χ2v) is 6.68. The van der Waals surface area contributed by atoms with E-state index < -0.39 is 15.8 Å². The lowest BCUT2D eigenvalue weighted by atomic mass is 10.1. The van der Waals surface area contributed by atoms with Crippen molar-refractivity contribution in [3.05, 3.63) is 52.8 Å². The van der Waals surface area contributed by atoms with Crippen LogP contribution in [0.1, 0.15) is 16.7 Å². The summed E-state index contributed by atoms with van der Waals surface area (Å²) in [5.41, 5.74) is 8.27. The van der Waals surface area contributed by atoms with Gasteiger partial charge in [-0.15, -0.1) is 0 Å². The summed E-state index contributed by atoms with van der Waals surface area (Å²) in [6.45, 7) is 5.56. The summed E-state index contributed by atoms with van der Waals surface area (Å²) in [5, 5.41) is 0. The molecule has 0 saturated carbocycles. The van der Waals surface area contributed by atoms with E-state index in [2.05, 4.69) is 4.72 Å². The van der Waals surface area contributed by atoms with Crippen molar-refractivity contribution >= 4 is 21.4 Å². The van der Waals surface area contributed by atoms with Crippen LogP contribution in [0.25, 0.3) is 0 Å². The Morgan fingerprint density at radius 3 is 2.24 bits per heavy atom. The van der Waals surface area contributed by atoms with Gasteiger partial charge in [0.05, 0.1) is 11.4 Å². The number of benzene rings is 2. The minimum Gasteiger partial charge on any atom is -0.395 e. The van der Waals surface area contributed by atoms with Crippen LogP contribution in [0.4, 0.5) is 15.8 Å². The summed E-state index contributed by atoms with van der Waals surface area (Å²) in [4.78, 5) is -0.262. The number of aryl methyl sites for hydroxylation is 3. The average Bonchev–Trinajstić information content (AvgIpc) is 2.37. The van der Waals surface area contributed by atoms with Crippen LogP contribution in [-0.2, 0) is 10.0 Å². The third-order valence-corrected chi connectivity index (χ3v) is 4.62. The first-order valence-electron chi connectivity index (χ1n) is 6.37. The van der Waals surface area contributed by atoms with E-state index in [1.54, 1.807) is 0 Å². The average molecular weight is 308 g/mol. The summed E-state index contributed by atoms with van der Waals surface area (Å²) in [6.07, 6.45) is 0. The van der Waals surface area contributed by atoms with Gasteiger partial charge in [0, 0.05) is 0 Å². The molecule has 0 aliphatic rings. The van der Waals surface area contributed by atoms with E-state index in [1.807, 2.05) is 32.9 Å². The lowest BCUT2D eigenvalue weighted by molar-refractivity contribution is 0.597. The topological polar surface area (TPSA) is 72.2 Å². The number of nitrogens with one attached hydrogen (secondary N) is 1. The lowest BCUT2D eigenvalue weighted by Gasteiger charge is -2.15. The van der Waals surface area contributed by atoms with Crippen LogP contribution >= 0.6 is 0 Å². The van der Waals surface area contributed by atoms with Gasteiger partial charge in [-0.3, -0.25) is 4.72 Å². The standard InChI is InChI=1S/C15H17FN2O2S/c1-9-7-10(2)15(11(3)8-9)18-21(19,20)13-6-4-5-12(16)14(13)17/h4-8,18H,17H2,1-3H3. The monoisotopic (exact) mass is 308 g/mol. The van der Waals surface area contributed by atoms with Crippen LogP contribution in [0.3, 0.4) is 0 Å². The van der Waals surface area contributed by atoms with E-state index in [9.17, 15) is 12.8 Å². The summed E-state index contributed by atoms with van der Waals surface area (Å²) < 4.78 is 40.7. The van der Waals surface area contributed by atoms with Crippen LogP contribution in [0, 0.1) is 26.6 Å². The van der Waals surface area contributed by atoms with Gasteiger partial charge in [0.2, 0.25) is 0 Å². The van der Waals surface area contributed by atoms with Gasteiger partial charge in [-0.1, -0.05) is 23.8 Å². The highest BCUT2D eigenvalue weighted by Crippen LogP contribution is 2.27. The number of halogens is 1. The number of para-hydroxylation sites is 1.